The van der Waals surface area contributed by atoms with Crippen LogP contribution in [0.25, 0.3) is 0 Å². The van der Waals surface area contributed by atoms with Crippen molar-refractivity contribution >= 4 is 29.0 Å². The quantitative estimate of drug-likeness (QED) is 0.735. The van der Waals surface area contributed by atoms with Crippen LogP contribution < -0.4 is 10.6 Å². The smallest absolute Gasteiger partial charge is 0.321 e. The van der Waals surface area contributed by atoms with Crippen molar-refractivity contribution in [1.82, 2.24) is 15.1 Å². The first kappa shape index (κ1) is 20.9. The van der Waals surface area contributed by atoms with Crippen LogP contribution in [0.4, 0.5) is 10.5 Å². The van der Waals surface area contributed by atoms with Crippen LogP contribution in [0.5, 0.6) is 0 Å². The first-order valence-corrected chi connectivity index (χ1v) is 11.7. The van der Waals surface area contributed by atoms with Gasteiger partial charge in [0.2, 0.25) is 5.91 Å². The summed E-state index contributed by atoms with van der Waals surface area (Å²) in [6, 6.07) is 13.9. The largest absolute Gasteiger partial charge is 0.354 e. The fraction of sp³-hybridized carbons (Fsp3) is 0.478. The highest BCUT2D eigenvalue weighted by Crippen LogP contribution is 2.28. The molecule has 0 saturated carbocycles. The number of urea groups is 1. The zero-order valence-electron chi connectivity index (χ0n) is 17.3. The molecule has 2 saturated heterocycles. The molecule has 1 aromatic carbocycles. The second-order valence-corrected chi connectivity index (χ2v) is 9.06. The fourth-order valence-corrected chi connectivity index (χ4v) is 5.22. The van der Waals surface area contributed by atoms with E-state index in [9.17, 15) is 9.59 Å². The van der Waals surface area contributed by atoms with Crippen molar-refractivity contribution in [2.75, 3.05) is 38.0 Å². The predicted molar refractivity (Wildman–Crippen MR) is 121 cm³/mol. The lowest BCUT2D eigenvalue weighted by Gasteiger charge is -2.32. The van der Waals surface area contributed by atoms with Crippen LogP contribution in [-0.4, -0.2) is 54.5 Å². The Morgan fingerprint density at radius 1 is 1.00 bits per heavy atom. The van der Waals surface area contributed by atoms with Crippen molar-refractivity contribution in [2.45, 2.75) is 31.7 Å². The third kappa shape index (κ3) is 5.21. The van der Waals surface area contributed by atoms with Crippen molar-refractivity contribution < 1.29 is 9.59 Å². The molecule has 1 atom stereocenters. The number of anilines is 1. The van der Waals surface area contributed by atoms with Crippen molar-refractivity contribution in [2.24, 2.45) is 5.92 Å². The van der Waals surface area contributed by atoms with Gasteiger partial charge in [0.25, 0.3) is 0 Å². The van der Waals surface area contributed by atoms with Crippen molar-refractivity contribution in [3.8, 4) is 0 Å². The minimum absolute atomic E-state index is 0.0201. The van der Waals surface area contributed by atoms with E-state index in [1.54, 1.807) is 16.2 Å². The Morgan fingerprint density at radius 2 is 1.73 bits per heavy atom. The Balaban J connectivity index is 1.25. The summed E-state index contributed by atoms with van der Waals surface area (Å²) in [6.45, 7) is 4.09. The fourth-order valence-electron chi connectivity index (χ4n) is 4.35. The number of carbonyl (C=O) groups excluding carboxylic acids is 2. The SMILES string of the molecule is O=C(NC[C@@H](c1cccs1)N1CCCC1)C1CCN(C(=O)Nc2ccccc2)CC1. The number of hydrogen-bond acceptors (Lipinski definition) is 4. The molecule has 2 aliphatic heterocycles. The molecular weight excluding hydrogens is 396 g/mol. The van der Waals surface area contributed by atoms with E-state index in [0.717, 1.165) is 18.8 Å². The Bertz CT molecular complexity index is 813. The van der Waals surface area contributed by atoms with Gasteiger partial charge in [-0.05, 0) is 62.4 Å². The summed E-state index contributed by atoms with van der Waals surface area (Å²) in [4.78, 5) is 30.9. The summed E-state index contributed by atoms with van der Waals surface area (Å²) in [5.74, 6) is 0.104. The molecule has 3 amide bonds. The molecule has 6 nitrogen and oxygen atoms in total. The van der Waals surface area contributed by atoms with Crippen molar-refractivity contribution in [3.63, 3.8) is 0 Å². The molecule has 0 bridgehead atoms. The minimum atomic E-state index is -0.0909. The standard InChI is InChI=1S/C23H30N4O2S/c28-22(24-17-20(21-9-6-16-30-21)26-12-4-5-13-26)18-10-14-27(15-11-18)23(29)25-19-7-2-1-3-8-19/h1-3,6-9,16,18,20H,4-5,10-15,17H2,(H,24,28)(H,25,29)/t20-/m0/s1. The average Bonchev–Trinajstić information content (AvgIpc) is 3.50. The summed E-state index contributed by atoms with van der Waals surface area (Å²) in [6.07, 6.45) is 3.89. The van der Waals surface area contributed by atoms with E-state index in [-0.39, 0.29) is 23.9 Å². The number of piperidine rings is 1. The number of benzene rings is 1. The van der Waals surface area contributed by atoms with Crippen LogP contribution in [0.3, 0.4) is 0 Å². The van der Waals surface area contributed by atoms with Gasteiger partial charge in [0.15, 0.2) is 0 Å². The van der Waals surface area contributed by atoms with Gasteiger partial charge < -0.3 is 15.5 Å². The molecule has 2 aromatic rings. The number of para-hydroxylation sites is 1. The molecular formula is C23H30N4O2S. The Kier molecular flexibility index (Phi) is 7.02. The van der Waals surface area contributed by atoms with Gasteiger partial charge in [-0.2, -0.15) is 0 Å². The van der Waals surface area contributed by atoms with E-state index in [0.29, 0.717) is 32.5 Å². The van der Waals surface area contributed by atoms with Gasteiger partial charge in [-0.1, -0.05) is 24.3 Å². The maximum Gasteiger partial charge on any atom is 0.321 e. The van der Waals surface area contributed by atoms with Crippen LogP contribution in [-0.2, 0) is 4.79 Å². The molecule has 7 heteroatoms. The first-order chi connectivity index (χ1) is 14.7. The maximum absolute atomic E-state index is 12.8. The van der Waals surface area contributed by atoms with E-state index in [2.05, 4.69) is 33.0 Å². The zero-order valence-corrected chi connectivity index (χ0v) is 18.1. The number of thiophene rings is 1. The number of rotatable bonds is 6. The monoisotopic (exact) mass is 426 g/mol. The van der Waals surface area contributed by atoms with Gasteiger partial charge in [-0.15, -0.1) is 11.3 Å². The average molecular weight is 427 g/mol. The molecule has 0 radical (unpaired) electrons. The van der Waals surface area contributed by atoms with Gasteiger partial charge in [-0.25, -0.2) is 4.79 Å². The molecule has 2 N–H and O–H groups in total. The molecule has 0 unspecified atom stereocenters. The lowest BCUT2D eigenvalue weighted by molar-refractivity contribution is -0.126. The molecule has 2 fully saturated rings. The summed E-state index contributed by atoms with van der Waals surface area (Å²) in [5.41, 5.74) is 0.795. The third-order valence-electron chi connectivity index (χ3n) is 6.10. The van der Waals surface area contributed by atoms with E-state index < -0.39 is 0 Å². The summed E-state index contributed by atoms with van der Waals surface area (Å²) < 4.78 is 0. The van der Waals surface area contributed by atoms with E-state index in [1.807, 2.05) is 30.3 Å². The molecule has 1 aromatic heterocycles. The van der Waals surface area contributed by atoms with Crippen LogP contribution >= 0.6 is 11.3 Å². The van der Waals surface area contributed by atoms with Gasteiger partial charge in [0.05, 0.1) is 6.04 Å². The highest BCUT2D eigenvalue weighted by Gasteiger charge is 2.29. The number of carbonyl (C=O) groups is 2. The minimum Gasteiger partial charge on any atom is -0.354 e. The first-order valence-electron chi connectivity index (χ1n) is 10.9. The van der Waals surface area contributed by atoms with Crippen molar-refractivity contribution in [3.05, 3.63) is 52.7 Å². The molecule has 3 heterocycles. The molecule has 30 heavy (non-hydrogen) atoms. The topological polar surface area (TPSA) is 64.7 Å². The van der Waals surface area contributed by atoms with Gasteiger partial charge in [0.1, 0.15) is 0 Å². The third-order valence-corrected chi connectivity index (χ3v) is 7.07. The Labute approximate surface area is 182 Å². The molecule has 4 rings (SSSR count). The highest BCUT2D eigenvalue weighted by atomic mass is 32.1. The van der Waals surface area contributed by atoms with E-state index in [4.69, 9.17) is 0 Å². The van der Waals surface area contributed by atoms with Crippen LogP contribution in [0, 0.1) is 5.92 Å². The molecule has 2 aliphatic rings. The second-order valence-electron chi connectivity index (χ2n) is 8.08. The number of hydrogen-bond donors (Lipinski definition) is 2. The normalized spacial score (nSPS) is 18.9. The maximum atomic E-state index is 12.8. The van der Waals surface area contributed by atoms with Crippen LogP contribution in [0.1, 0.15) is 36.6 Å². The highest BCUT2D eigenvalue weighted by molar-refractivity contribution is 7.10. The zero-order chi connectivity index (χ0) is 20.8. The summed E-state index contributed by atoms with van der Waals surface area (Å²) >= 11 is 1.77. The van der Waals surface area contributed by atoms with Crippen LogP contribution in [0.2, 0.25) is 0 Å². The van der Waals surface area contributed by atoms with Crippen molar-refractivity contribution in [1.29, 1.82) is 0 Å². The van der Waals surface area contributed by atoms with Gasteiger partial charge in [-0.3, -0.25) is 9.69 Å². The summed E-state index contributed by atoms with van der Waals surface area (Å²) in [7, 11) is 0. The predicted octanol–water partition coefficient (Wildman–Crippen LogP) is 3.95. The Morgan fingerprint density at radius 3 is 2.40 bits per heavy atom. The Hall–Kier alpha value is -2.38. The molecule has 160 valence electrons. The number of amides is 3. The number of nitrogens with one attached hydrogen (secondary N) is 2. The number of nitrogens with zero attached hydrogens (tertiary/aromatic N) is 2. The lowest BCUT2D eigenvalue weighted by atomic mass is 9.96. The lowest BCUT2D eigenvalue weighted by Crippen LogP contribution is -2.45. The van der Waals surface area contributed by atoms with E-state index in [1.165, 1.54) is 17.7 Å². The molecule has 0 aliphatic carbocycles. The second kappa shape index (κ2) is 10.1. The molecule has 0 spiro atoms. The van der Waals surface area contributed by atoms with Crippen LogP contribution in [0.15, 0.2) is 47.8 Å². The van der Waals surface area contributed by atoms with Gasteiger partial charge >= 0.3 is 6.03 Å². The van der Waals surface area contributed by atoms with Gasteiger partial charge in [0, 0.05) is 36.1 Å². The summed E-state index contributed by atoms with van der Waals surface area (Å²) in [5, 5.41) is 8.24. The number of likely N-dealkylation sites (tertiary alicyclic amines) is 2. The van der Waals surface area contributed by atoms with E-state index >= 15 is 0 Å².